The number of aliphatic hydroxyl groups is 1. The molecule has 0 spiro atoms. The highest BCUT2D eigenvalue weighted by atomic mass is 35.5. The summed E-state index contributed by atoms with van der Waals surface area (Å²) in [6.45, 7) is 5.37. The van der Waals surface area contributed by atoms with Crippen LogP contribution in [0.25, 0.3) is 0 Å². The number of sulfonamides is 1. The number of benzene rings is 1. The first-order chi connectivity index (χ1) is 9.23. The van der Waals surface area contributed by atoms with E-state index >= 15 is 0 Å². The Hall–Kier alpha value is -0.690. The van der Waals surface area contributed by atoms with Gasteiger partial charge in [0.1, 0.15) is 10.7 Å². The topological polar surface area (TPSA) is 57.6 Å². The van der Waals surface area contributed by atoms with Crippen molar-refractivity contribution in [2.24, 2.45) is 5.92 Å². The van der Waals surface area contributed by atoms with E-state index in [0.717, 1.165) is 6.07 Å². The number of hydrogen-bond acceptors (Lipinski definition) is 3. The summed E-state index contributed by atoms with van der Waals surface area (Å²) in [5.41, 5.74) is -0.128. The lowest BCUT2D eigenvalue weighted by molar-refractivity contribution is 0.274. The van der Waals surface area contributed by atoms with E-state index < -0.39 is 27.3 Å². The van der Waals surface area contributed by atoms with E-state index in [1.54, 1.807) is 6.92 Å². The molecule has 0 saturated carbocycles. The highest BCUT2D eigenvalue weighted by Crippen LogP contribution is 2.26. The van der Waals surface area contributed by atoms with Crippen molar-refractivity contribution >= 4 is 21.6 Å². The van der Waals surface area contributed by atoms with Gasteiger partial charge < -0.3 is 5.11 Å². The van der Waals surface area contributed by atoms with E-state index in [0.29, 0.717) is 6.54 Å². The largest absolute Gasteiger partial charge is 0.392 e. The standard InChI is InChI=1S/C13H19ClFNO3S/c1-4-16(7-9(2)3)20(18,19)12-6-11(14)5-10(8-17)13(12)15/h5-6,9,17H,4,7-8H2,1-3H3. The SMILES string of the molecule is CCN(CC(C)C)S(=O)(=O)c1cc(Cl)cc(CO)c1F. The van der Waals surface area contributed by atoms with Crippen LogP contribution in [0, 0.1) is 11.7 Å². The molecular weight excluding hydrogens is 305 g/mol. The molecule has 1 aromatic rings. The van der Waals surface area contributed by atoms with Gasteiger partial charge in [-0.05, 0) is 18.1 Å². The Balaban J connectivity index is 3.37. The van der Waals surface area contributed by atoms with Crippen LogP contribution < -0.4 is 0 Å². The minimum absolute atomic E-state index is 0.0784. The third-order valence-electron chi connectivity index (χ3n) is 2.79. The summed E-state index contributed by atoms with van der Waals surface area (Å²) >= 11 is 5.80. The molecule has 0 heterocycles. The molecule has 0 atom stereocenters. The summed E-state index contributed by atoms with van der Waals surface area (Å²) in [5.74, 6) is -0.830. The third kappa shape index (κ3) is 3.69. The smallest absolute Gasteiger partial charge is 0.246 e. The van der Waals surface area contributed by atoms with Gasteiger partial charge in [-0.15, -0.1) is 0 Å². The maximum absolute atomic E-state index is 14.2. The molecule has 0 radical (unpaired) electrons. The van der Waals surface area contributed by atoms with E-state index in [1.807, 2.05) is 13.8 Å². The van der Waals surface area contributed by atoms with Crippen molar-refractivity contribution in [2.75, 3.05) is 13.1 Å². The predicted molar refractivity (Wildman–Crippen MR) is 76.6 cm³/mol. The van der Waals surface area contributed by atoms with E-state index in [9.17, 15) is 12.8 Å². The molecule has 0 aliphatic carbocycles. The van der Waals surface area contributed by atoms with E-state index in [2.05, 4.69) is 0 Å². The normalized spacial score (nSPS) is 12.4. The van der Waals surface area contributed by atoms with Gasteiger partial charge in [0, 0.05) is 23.7 Å². The van der Waals surface area contributed by atoms with E-state index in [-0.39, 0.29) is 23.0 Å². The molecule has 0 unspecified atom stereocenters. The van der Waals surface area contributed by atoms with Crippen molar-refractivity contribution in [3.63, 3.8) is 0 Å². The summed E-state index contributed by atoms with van der Waals surface area (Å²) in [6, 6.07) is 2.29. The summed E-state index contributed by atoms with van der Waals surface area (Å²) in [4.78, 5) is -0.489. The molecule has 0 bridgehead atoms. The molecular formula is C13H19ClFNO3S. The van der Waals surface area contributed by atoms with Crippen LogP contribution in [0.4, 0.5) is 4.39 Å². The molecule has 0 aromatic heterocycles. The zero-order valence-corrected chi connectivity index (χ0v) is 13.3. The van der Waals surface area contributed by atoms with Crippen LogP contribution in [0.15, 0.2) is 17.0 Å². The monoisotopic (exact) mass is 323 g/mol. The zero-order chi connectivity index (χ0) is 15.5. The second kappa shape index (κ2) is 6.85. The first kappa shape index (κ1) is 17.4. The Morgan fingerprint density at radius 3 is 2.45 bits per heavy atom. The van der Waals surface area contributed by atoms with Gasteiger partial charge >= 0.3 is 0 Å². The molecule has 20 heavy (non-hydrogen) atoms. The average molecular weight is 324 g/mol. The van der Waals surface area contributed by atoms with Crippen molar-refractivity contribution in [1.82, 2.24) is 4.31 Å². The van der Waals surface area contributed by atoms with Crippen LogP contribution in [0.5, 0.6) is 0 Å². The van der Waals surface area contributed by atoms with E-state index in [4.69, 9.17) is 16.7 Å². The fraction of sp³-hybridized carbons (Fsp3) is 0.538. The lowest BCUT2D eigenvalue weighted by atomic mass is 10.2. The number of rotatable bonds is 6. The summed E-state index contributed by atoms with van der Waals surface area (Å²) < 4.78 is 40.3. The van der Waals surface area contributed by atoms with Crippen LogP contribution >= 0.6 is 11.6 Å². The van der Waals surface area contributed by atoms with Crippen molar-refractivity contribution in [3.05, 3.63) is 28.5 Å². The van der Waals surface area contributed by atoms with Gasteiger partial charge in [0.2, 0.25) is 10.0 Å². The lowest BCUT2D eigenvalue weighted by Crippen LogP contribution is -2.34. The first-order valence-electron chi connectivity index (χ1n) is 6.32. The summed E-state index contributed by atoms with van der Waals surface area (Å²) in [5, 5.41) is 9.15. The molecule has 1 N–H and O–H groups in total. The van der Waals surface area contributed by atoms with Gasteiger partial charge in [-0.25, -0.2) is 12.8 Å². The van der Waals surface area contributed by atoms with E-state index in [1.165, 1.54) is 10.4 Å². The van der Waals surface area contributed by atoms with Crippen molar-refractivity contribution in [3.8, 4) is 0 Å². The Morgan fingerprint density at radius 1 is 1.40 bits per heavy atom. The molecule has 0 aliphatic heterocycles. The maximum atomic E-state index is 14.2. The summed E-state index contributed by atoms with van der Waals surface area (Å²) in [7, 11) is -3.97. The second-order valence-electron chi connectivity index (χ2n) is 4.88. The Kier molecular flexibility index (Phi) is 5.94. The highest BCUT2D eigenvalue weighted by Gasteiger charge is 2.28. The molecule has 0 amide bonds. The fourth-order valence-corrected chi connectivity index (χ4v) is 3.92. The quantitative estimate of drug-likeness (QED) is 0.875. The fourth-order valence-electron chi connectivity index (χ4n) is 1.86. The van der Waals surface area contributed by atoms with Crippen LogP contribution in [0.2, 0.25) is 5.02 Å². The highest BCUT2D eigenvalue weighted by molar-refractivity contribution is 7.89. The minimum Gasteiger partial charge on any atom is -0.392 e. The van der Waals surface area contributed by atoms with Gasteiger partial charge in [-0.2, -0.15) is 4.31 Å². The molecule has 0 saturated heterocycles. The van der Waals surface area contributed by atoms with Crippen LogP contribution in [0.3, 0.4) is 0 Å². The van der Waals surface area contributed by atoms with Gasteiger partial charge in [0.25, 0.3) is 0 Å². The van der Waals surface area contributed by atoms with Gasteiger partial charge in [-0.3, -0.25) is 0 Å². The molecule has 1 rings (SSSR count). The molecule has 0 aliphatic rings. The average Bonchev–Trinajstić information content (AvgIpc) is 2.37. The Bertz CT molecular complexity index is 575. The Labute approximate surface area is 124 Å². The molecule has 4 nitrogen and oxygen atoms in total. The lowest BCUT2D eigenvalue weighted by Gasteiger charge is -2.23. The van der Waals surface area contributed by atoms with Crippen LogP contribution in [0.1, 0.15) is 26.3 Å². The van der Waals surface area contributed by atoms with Gasteiger partial charge in [0.05, 0.1) is 6.61 Å². The van der Waals surface area contributed by atoms with Crippen LogP contribution in [-0.4, -0.2) is 30.9 Å². The molecule has 1 aromatic carbocycles. The molecule has 7 heteroatoms. The van der Waals surface area contributed by atoms with Crippen molar-refractivity contribution in [1.29, 1.82) is 0 Å². The number of hydrogen-bond donors (Lipinski definition) is 1. The minimum atomic E-state index is -3.97. The zero-order valence-electron chi connectivity index (χ0n) is 11.7. The Morgan fingerprint density at radius 2 is 2.00 bits per heavy atom. The molecule has 0 fully saturated rings. The number of halogens is 2. The second-order valence-corrected chi connectivity index (χ2v) is 7.23. The number of nitrogens with zero attached hydrogens (tertiary/aromatic N) is 1. The predicted octanol–water partition coefficient (Wildman–Crippen LogP) is 2.64. The van der Waals surface area contributed by atoms with Gasteiger partial charge in [-0.1, -0.05) is 32.4 Å². The maximum Gasteiger partial charge on any atom is 0.246 e. The molecule has 114 valence electrons. The van der Waals surface area contributed by atoms with Crippen molar-refractivity contribution < 1.29 is 17.9 Å². The van der Waals surface area contributed by atoms with Crippen LogP contribution in [-0.2, 0) is 16.6 Å². The first-order valence-corrected chi connectivity index (χ1v) is 8.14. The third-order valence-corrected chi connectivity index (χ3v) is 4.95. The van der Waals surface area contributed by atoms with Gasteiger partial charge in [0.15, 0.2) is 0 Å². The number of aliphatic hydroxyl groups excluding tert-OH is 1. The summed E-state index contributed by atoms with van der Waals surface area (Å²) in [6.07, 6.45) is 0. The van der Waals surface area contributed by atoms with Crippen molar-refractivity contribution in [2.45, 2.75) is 32.3 Å².